The molecule has 100 valence electrons. The summed E-state index contributed by atoms with van der Waals surface area (Å²) in [5.74, 6) is 0.628. The summed E-state index contributed by atoms with van der Waals surface area (Å²) in [6.45, 7) is 0. The number of ether oxygens (including phenoxy) is 1. The maximum Gasteiger partial charge on any atom is 0.137 e. The highest BCUT2D eigenvalue weighted by Crippen LogP contribution is 2.33. The van der Waals surface area contributed by atoms with Gasteiger partial charge in [0.25, 0.3) is 0 Å². The Morgan fingerprint density at radius 2 is 1.89 bits per heavy atom. The van der Waals surface area contributed by atoms with Crippen LogP contribution in [0.15, 0.2) is 40.9 Å². The van der Waals surface area contributed by atoms with Crippen LogP contribution in [0.2, 0.25) is 10.0 Å². The minimum Gasteiger partial charge on any atom is -0.495 e. The van der Waals surface area contributed by atoms with Crippen LogP contribution in [0.1, 0.15) is 17.2 Å². The molecule has 0 aromatic heterocycles. The van der Waals surface area contributed by atoms with Gasteiger partial charge in [0.2, 0.25) is 0 Å². The van der Waals surface area contributed by atoms with Crippen molar-refractivity contribution >= 4 is 39.1 Å². The van der Waals surface area contributed by atoms with E-state index in [-0.39, 0.29) is 6.04 Å². The van der Waals surface area contributed by atoms with E-state index in [0.29, 0.717) is 15.8 Å². The highest BCUT2D eigenvalue weighted by molar-refractivity contribution is 9.10. The van der Waals surface area contributed by atoms with E-state index < -0.39 is 0 Å². The van der Waals surface area contributed by atoms with Crippen molar-refractivity contribution in [3.63, 3.8) is 0 Å². The summed E-state index contributed by atoms with van der Waals surface area (Å²) >= 11 is 15.6. The Morgan fingerprint density at radius 1 is 1.16 bits per heavy atom. The van der Waals surface area contributed by atoms with E-state index in [0.717, 1.165) is 15.6 Å². The molecule has 0 aliphatic rings. The Hall–Kier alpha value is -0.740. The van der Waals surface area contributed by atoms with E-state index in [1.807, 2.05) is 24.3 Å². The lowest BCUT2D eigenvalue weighted by atomic mass is 9.99. The van der Waals surface area contributed by atoms with Crippen molar-refractivity contribution in [2.45, 2.75) is 6.04 Å². The van der Waals surface area contributed by atoms with Gasteiger partial charge >= 0.3 is 0 Å². The predicted molar refractivity (Wildman–Crippen MR) is 83.2 cm³/mol. The quantitative estimate of drug-likeness (QED) is 0.852. The van der Waals surface area contributed by atoms with Crippen LogP contribution in [0, 0.1) is 0 Å². The summed E-state index contributed by atoms with van der Waals surface area (Å²) in [6.07, 6.45) is 0. The van der Waals surface area contributed by atoms with Crippen molar-refractivity contribution in [2.24, 2.45) is 5.73 Å². The highest BCUT2D eigenvalue weighted by atomic mass is 79.9. The molecule has 5 heteroatoms. The predicted octanol–water partition coefficient (Wildman–Crippen LogP) is 4.81. The molecule has 1 unspecified atom stereocenters. The van der Waals surface area contributed by atoms with E-state index >= 15 is 0 Å². The molecule has 0 amide bonds. The first-order valence-electron chi connectivity index (χ1n) is 5.57. The topological polar surface area (TPSA) is 35.2 Å². The molecule has 2 nitrogen and oxygen atoms in total. The van der Waals surface area contributed by atoms with E-state index in [1.165, 1.54) is 0 Å². The van der Waals surface area contributed by atoms with Gasteiger partial charge in [-0.2, -0.15) is 0 Å². The molecule has 0 saturated heterocycles. The largest absolute Gasteiger partial charge is 0.495 e. The van der Waals surface area contributed by atoms with Gasteiger partial charge in [0.1, 0.15) is 5.75 Å². The van der Waals surface area contributed by atoms with Gasteiger partial charge in [-0.15, -0.1) is 0 Å². The molecule has 2 rings (SSSR count). The van der Waals surface area contributed by atoms with E-state index in [2.05, 4.69) is 15.9 Å². The average Bonchev–Trinajstić information content (AvgIpc) is 2.40. The van der Waals surface area contributed by atoms with Crippen LogP contribution >= 0.6 is 39.1 Å². The van der Waals surface area contributed by atoms with Crippen LogP contribution < -0.4 is 10.5 Å². The number of benzene rings is 2. The molecular formula is C14H12BrCl2NO. The molecular weight excluding hydrogens is 349 g/mol. The molecule has 0 spiro atoms. The first-order valence-corrected chi connectivity index (χ1v) is 7.11. The third-order valence-corrected chi connectivity index (χ3v) is 4.08. The summed E-state index contributed by atoms with van der Waals surface area (Å²) < 4.78 is 6.04. The number of hydrogen-bond acceptors (Lipinski definition) is 2. The molecule has 0 saturated carbocycles. The molecule has 19 heavy (non-hydrogen) atoms. The lowest BCUT2D eigenvalue weighted by Crippen LogP contribution is -2.12. The van der Waals surface area contributed by atoms with Gasteiger partial charge in [-0.1, -0.05) is 45.2 Å². The van der Waals surface area contributed by atoms with Crippen LogP contribution in [0.3, 0.4) is 0 Å². The summed E-state index contributed by atoms with van der Waals surface area (Å²) in [5.41, 5.74) is 8.07. The van der Waals surface area contributed by atoms with Gasteiger partial charge in [-0.25, -0.2) is 0 Å². The van der Waals surface area contributed by atoms with Gasteiger partial charge in [0.05, 0.1) is 18.2 Å². The number of hydrogen-bond donors (Lipinski definition) is 1. The SMILES string of the molecule is COc1ccc(C(N)c2cc(Cl)ccc2Br)cc1Cl. The van der Waals surface area contributed by atoms with E-state index in [9.17, 15) is 0 Å². The van der Waals surface area contributed by atoms with Crippen LogP contribution in [-0.4, -0.2) is 7.11 Å². The second-order valence-corrected chi connectivity index (χ2v) is 5.74. The number of methoxy groups -OCH3 is 1. The van der Waals surface area contributed by atoms with Crippen molar-refractivity contribution in [2.75, 3.05) is 7.11 Å². The number of rotatable bonds is 3. The third-order valence-electron chi connectivity index (χ3n) is 2.83. The van der Waals surface area contributed by atoms with Crippen LogP contribution in [-0.2, 0) is 0 Å². The monoisotopic (exact) mass is 359 g/mol. The maximum absolute atomic E-state index is 6.26. The van der Waals surface area contributed by atoms with E-state index in [4.69, 9.17) is 33.7 Å². The van der Waals surface area contributed by atoms with Gasteiger partial charge in [0, 0.05) is 9.50 Å². The molecule has 1 atom stereocenters. The van der Waals surface area contributed by atoms with Crippen LogP contribution in [0.4, 0.5) is 0 Å². The Bertz CT molecular complexity index is 604. The zero-order chi connectivity index (χ0) is 14.0. The minimum atomic E-state index is -0.309. The molecule has 0 fully saturated rings. The standard InChI is InChI=1S/C14H12BrCl2NO/c1-19-13-5-2-8(6-12(13)17)14(18)10-7-9(16)3-4-11(10)15/h2-7,14H,18H2,1H3. The summed E-state index contributed by atoms with van der Waals surface area (Å²) in [4.78, 5) is 0. The first kappa shape index (κ1) is 14.7. The lowest BCUT2D eigenvalue weighted by Gasteiger charge is -2.16. The fraction of sp³-hybridized carbons (Fsp3) is 0.143. The van der Waals surface area contributed by atoms with Crippen molar-refractivity contribution < 1.29 is 4.74 Å². The summed E-state index contributed by atoms with van der Waals surface area (Å²) in [6, 6.07) is 10.7. The van der Waals surface area contributed by atoms with Crippen molar-refractivity contribution in [1.82, 2.24) is 0 Å². The zero-order valence-corrected chi connectivity index (χ0v) is 13.3. The van der Waals surface area contributed by atoms with Crippen molar-refractivity contribution in [3.8, 4) is 5.75 Å². The zero-order valence-electron chi connectivity index (χ0n) is 10.2. The molecule has 2 aromatic carbocycles. The Kier molecular flexibility index (Phi) is 4.74. The summed E-state index contributed by atoms with van der Waals surface area (Å²) in [7, 11) is 1.58. The molecule has 2 N–H and O–H groups in total. The molecule has 0 heterocycles. The first-order chi connectivity index (χ1) is 9.02. The molecule has 0 aliphatic carbocycles. The van der Waals surface area contributed by atoms with Crippen LogP contribution in [0.25, 0.3) is 0 Å². The number of halogens is 3. The van der Waals surface area contributed by atoms with Gasteiger partial charge in [-0.05, 0) is 41.5 Å². The third kappa shape index (κ3) is 3.23. The number of nitrogens with two attached hydrogens (primary N) is 1. The van der Waals surface area contributed by atoms with Crippen molar-refractivity contribution in [3.05, 3.63) is 62.0 Å². The second kappa shape index (κ2) is 6.14. The minimum absolute atomic E-state index is 0.309. The smallest absolute Gasteiger partial charge is 0.137 e. The maximum atomic E-state index is 6.26. The molecule has 0 bridgehead atoms. The fourth-order valence-electron chi connectivity index (χ4n) is 1.81. The Labute approximate surface area is 130 Å². The van der Waals surface area contributed by atoms with Crippen molar-refractivity contribution in [1.29, 1.82) is 0 Å². The van der Waals surface area contributed by atoms with Gasteiger partial charge < -0.3 is 10.5 Å². The second-order valence-electron chi connectivity index (χ2n) is 4.04. The van der Waals surface area contributed by atoms with Gasteiger partial charge in [0.15, 0.2) is 0 Å². The Morgan fingerprint density at radius 3 is 2.53 bits per heavy atom. The normalized spacial score (nSPS) is 12.3. The Balaban J connectivity index is 2.41. The fourth-order valence-corrected chi connectivity index (χ4v) is 2.75. The average molecular weight is 361 g/mol. The van der Waals surface area contributed by atoms with Gasteiger partial charge in [-0.3, -0.25) is 0 Å². The summed E-state index contributed by atoms with van der Waals surface area (Å²) in [5, 5.41) is 1.18. The molecule has 2 aromatic rings. The van der Waals surface area contributed by atoms with E-state index in [1.54, 1.807) is 19.2 Å². The lowest BCUT2D eigenvalue weighted by molar-refractivity contribution is 0.415. The molecule has 0 aliphatic heterocycles. The molecule has 0 radical (unpaired) electrons. The highest BCUT2D eigenvalue weighted by Gasteiger charge is 2.14. The van der Waals surface area contributed by atoms with Crippen LogP contribution in [0.5, 0.6) is 5.75 Å².